The van der Waals surface area contributed by atoms with E-state index >= 15 is 0 Å². The van der Waals surface area contributed by atoms with Gasteiger partial charge < -0.3 is 9.72 Å². The molecular formula is C16H14N2O3S. The van der Waals surface area contributed by atoms with E-state index in [0.29, 0.717) is 28.0 Å². The average molecular weight is 314 g/mol. The highest BCUT2D eigenvalue weighted by atomic mass is 32.1. The molecule has 2 heterocycles. The van der Waals surface area contributed by atoms with Crippen molar-refractivity contribution in [3.8, 4) is 0 Å². The average Bonchev–Trinajstić information content (AvgIpc) is 2.89. The molecule has 5 nitrogen and oxygen atoms in total. The van der Waals surface area contributed by atoms with Gasteiger partial charge in [-0.2, -0.15) is 0 Å². The predicted octanol–water partition coefficient (Wildman–Crippen LogP) is 2.67. The van der Waals surface area contributed by atoms with E-state index in [2.05, 4.69) is 9.97 Å². The Balaban J connectivity index is 2.04. The Bertz CT molecular complexity index is 911. The molecule has 0 bridgehead atoms. The number of ether oxygens (including phenoxy) is 1. The van der Waals surface area contributed by atoms with Crippen molar-refractivity contribution >= 4 is 27.5 Å². The molecular weight excluding hydrogens is 300 g/mol. The van der Waals surface area contributed by atoms with Gasteiger partial charge in [-0.15, -0.1) is 11.3 Å². The van der Waals surface area contributed by atoms with E-state index in [1.165, 1.54) is 18.4 Å². The number of nitrogens with one attached hydrogen (secondary N) is 1. The molecule has 0 atom stereocenters. The number of hydrogen-bond donors (Lipinski definition) is 1. The largest absolute Gasteiger partial charge is 0.465 e. The van der Waals surface area contributed by atoms with Gasteiger partial charge in [0.15, 0.2) is 0 Å². The lowest BCUT2D eigenvalue weighted by Crippen LogP contribution is -2.13. The van der Waals surface area contributed by atoms with Crippen LogP contribution < -0.4 is 5.56 Å². The second-order valence-corrected chi connectivity index (χ2v) is 5.80. The van der Waals surface area contributed by atoms with Crippen LogP contribution in [0.3, 0.4) is 0 Å². The number of rotatable bonds is 3. The van der Waals surface area contributed by atoms with Crippen molar-refractivity contribution in [3.63, 3.8) is 0 Å². The first-order valence-electron chi connectivity index (χ1n) is 6.73. The van der Waals surface area contributed by atoms with Gasteiger partial charge >= 0.3 is 5.97 Å². The second kappa shape index (κ2) is 5.73. The van der Waals surface area contributed by atoms with Crippen molar-refractivity contribution in [2.24, 2.45) is 0 Å². The van der Waals surface area contributed by atoms with Crippen LogP contribution in [0.15, 0.2) is 34.4 Å². The molecule has 0 aliphatic rings. The number of methoxy groups -OCH3 is 1. The number of fused-ring (bicyclic) bond motifs is 1. The fraction of sp³-hybridized carbons (Fsp3) is 0.188. The van der Waals surface area contributed by atoms with Gasteiger partial charge in [-0.25, -0.2) is 9.78 Å². The van der Waals surface area contributed by atoms with Gasteiger partial charge in [-0.3, -0.25) is 4.79 Å². The first-order chi connectivity index (χ1) is 10.6. The molecule has 2 aromatic heterocycles. The molecule has 0 saturated carbocycles. The molecule has 1 N–H and O–H groups in total. The number of aromatic amines is 1. The summed E-state index contributed by atoms with van der Waals surface area (Å²) in [6, 6.07) is 7.15. The van der Waals surface area contributed by atoms with Crippen molar-refractivity contribution < 1.29 is 9.53 Å². The van der Waals surface area contributed by atoms with Crippen LogP contribution in [0.25, 0.3) is 10.2 Å². The van der Waals surface area contributed by atoms with Gasteiger partial charge in [0.25, 0.3) is 5.56 Å². The van der Waals surface area contributed by atoms with Gasteiger partial charge in [0.1, 0.15) is 10.7 Å². The lowest BCUT2D eigenvalue weighted by atomic mass is 10.0. The van der Waals surface area contributed by atoms with Gasteiger partial charge in [0, 0.05) is 6.42 Å². The fourth-order valence-corrected chi connectivity index (χ4v) is 3.32. The molecule has 0 fully saturated rings. The summed E-state index contributed by atoms with van der Waals surface area (Å²) in [4.78, 5) is 32.0. The standard InChI is InChI=1S/C16H14N2O3S/c1-9-8-22-15-13(9)14(19)17-12(18-15)7-10-5-3-4-6-11(10)16(20)21-2/h3-6,8H,7H2,1-2H3,(H,17,18,19). The fourth-order valence-electron chi connectivity index (χ4n) is 2.38. The first-order valence-corrected chi connectivity index (χ1v) is 7.61. The topological polar surface area (TPSA) is 72.0 Å². The summed E-state index contributed by atoms with van der Waals surface area (Å²) in [5, 5.41) is 2.55. The number of nitrogens with zero attached hydrogens (tertiary/aromatic N) is 1. The number of H-pyrrole nitrogens is 1. The number of benzene rings is 1. The Labute approximate surface area is 130 Å². The minimum Gasteiger partial charge on any atom is -0.465 e. The van der Waals surface area contributed by atoms with Crippen molar-refractivity contribution in [2.75, 3.05) is 7.11 Å². The number of aryl methyl sites for hydroxylation is 1. The Hall–Kier alpha value is -2.47. The van der Waals surface area contributed by atoms with Crippen LogP contribution in [0.5, 0.6) is 0 Å². The number of hydrogen-bond acceptors (Lipinski definition) is 5. The van der Waals surface area contributed by atoms with Gasteiger partial charge in [0.05, 0.1) is 18.1 Å². The summed E-state index contributed by atoms with van der Waals surface area (Å²) in [5.74, 6) is 0.140. The van der Waals surface area contributed by atoms with Crippen LogP contribution in [0.2, 0.25) is 0 Å². The van der Waals surface area contributed by atoms with E-state index in [0.717, 1.165) is 11.1 Å². The minimum absolute atomic E-state index is 0.144. The molecule has 3 aromatic rings. The molecule has 112 valence electrons. The highest BCUT2D eigenvalue weighted by Gasteiger charge is 2.14. The molecule has 1 aromatic carbocycles. The van der Waals surface area contributed by atoms with E-state index in [4.69, 9.17) is 4.74 Å². The zero-order valence-corrected chi connectivity index (χ0v) is 13.0. The van der Waals surface area contributed by atoms with E-state index in [-0.39, 0.29) is 5.56 Å². The highest BCUT2D eigenvalue weighted by Crippen LogP contribution is 2.21. The summed E-state index contributed by atoms with van der Waals surface area (Å²) < 4.78 is 4.78. The highest BCUT2D eigenvalue weighted by molar-refractivity contribution is 7.16. The Morgan fingerprint density at radius 3 is 2.91 bits per heavy atom. The van der Waals surface area contributed by atoms with Crippen LogP contribution in [0.4, 0.5) is 0 Å². The van der Waals surface area contributed by atoms with Crippen LogP contribution in [-0.2, 0) is 11.2 Å². The maximum Gasteiger partial charge on any atom is 0.338 e. The third-order valence-corrected chi connectivity index (χ3v) is 4.45. The monoisotopic (exact) mass is 314 g/mol. The number of aromatic nitrogens is 2. The Morgan fingerprint density at radius 1 is 1.36 bits per heavy atom. The quantitative estimate of drug-likeness (QED) is 0.754. The van der Waals surface area contributed by atoms with E-state index in [1.54, 1.807) is 12.1 Å². The summed E-state index contributed by atoms with van der Waals surface area (Å²) >= 11 is 1.45. The molecule has 0 aliphatic heterocycles. The first kappa shape index (κ1) is 14.5. The summed E-state index contributed by atoms with van der Waals surface area (Å²) in [7, 11) is 1.35. The summed E-state index contributed by atoms with van der Waals surface area (Å²) in [6.45, 7) is 1.89. The molecule has 0 aliphatic carbocycles. The zero-order chi connectivity index (χ0) is 15.7. The third kappa shape index (κ3) is 2.53. The SMILES string of the molecule is COC(=O)c1ccccc1Cc1nc2scc(C)c2c(=O)[nH]1. The molecule has 0 amide bonds. The maximum atomic E-state index is 12.2. The van der Waals surface area contributed by atoms with E-state index in [1.807, 2.05) is 24.4 Å². The molecule has 0 unspecified atom stereocenters. The van der Waals surface area contributed by atoms with Crippen LogP contribution in [0.1, 0.15) is 27.3 Å². The molecule has 6 heteroatoms. The Kier molecular flexibility index (Phi) is 3.77. The van der Waals surface area contributed by atoms with Gasteiger partial charge in [-0.05, 0) is 29.5 Å². The molecule has 22 heavy (non-hydrogen) atoms. The summed E-state index contributed by atoms with van der Waals surface area (Å²) in [5.41, 5.74) is 2.03. The third-order valence-electron chi connectivity index (χ3n) is 3.46. The van der Waals surface area contributed by atoms with Crippen LogP contribution >= 0.6 is 11.3 Å². The van der Waals surface area contributed by atoms with Gasteiger partial charge in [0.2, 0.25) is 0 Å². The minimum atomic E-state index is -0.397. The van der Waals surface area contributed by atoms with Crippen molar-refractivity contribution in [3.05, 3.63) is 62.5 Å². The zero-order valence-electron chi connectivity index (χ0n) is 12.2. The maximum absolute atomic E-state index is 12.2. The molecule has 0 saturated heterocycles. The van der Waals surface area contributed by atoms with Crippen LogP contribution in [0, 0.1) is 6.92 Å². The second-order valence-electron chi connectivity index (χ2n) is 4.94. The number of carbonyl (C=O) groups excluding carboxylic acids is 1. The van der Waals surface area contributed by atoms with E-state index in [9.17, 15) is 9.59 Å². The summed E-state index contributed by atoms with van der Waals surface area (Å²) in [6.07, 6.45) is 0.368. The number of carbonyl (C=O) groups is 1. The normalized spacial score (nSPS) is 10.8. The van der Waals surface area contributed by atoms with Gasteiger partial charge in [-0.1, -0.05) is 18.2 Å². The van der Waals surface area contributed by atoms with Crippen molar-refractivity contribution in [1.82, 2.24) is 9.97 Å². The smallest absolute Gasteiger partial charge is 0.338 e. The van der Waals surface area contributed by atoms with E-state index < -0.39 is 5.97 Å². The van der Waals surface area contributed by atoms with Crippen molar-refractivity contribution in [2.45, 2.75) is 13.3 Å². The predicted molar refractivity (Wildman–Crippen MR) is 85.6 cm³/mol. The number of esters is 1. The Morgan fingerprint density at radius 2 is 2.14 bits per heavy atom. The molecule has 0 radical (unpaired) electrons. The van der Waals surface area contributed by atoms with Crippen LogP contribution in [-0.4, -0.2) is 23.0 Å². The van der Waals surface area contributed by atoms with Crippen molar-refractivity contribution in [1.29, 1.82) is 0 Å². The lowest BCUT2D eigenvalue weighted by Gasteiger charge is -2.07. The lowest BCUT2D eigenvalue weighted by molar-refractivity contribution is 0.0599. The number of thiophene rings is 1. The molecule has 3 rings (SSSR count). The molecule has 0 spiro atoms.